The molecule has 1 aromatic rings. The number of aliphatic hydroxyl groups excluding tert-OH is 1. The highest BCUT2D eigenvalue weighted by Gasteiger charge is 2.16. The topological polar surface area (TPSA) is 23.5 Å². The van der Waals surface area contributed by atoms with Gasteiger partial charge in [-0.3, -0.25) is 0 Å². The van der Waals surface area contributed by atoms with Gasteiger partial charge in [0.2, 0.25) is 0 Å². The van der Waals surface area contributed by atoms with Gasteiger partial charge < -0.3 is 10.0 Å². The van der Waals surface area contributed by atoms with Crippen LogP contribution < -0.4 is 0 Å². The van der Waals surface area contributed by atoms with E-state index in [1.54, 1.807) is 0 Å². The molecule has 0 aliphatic carbocycles. The summed E-state index contributed by atoms with van der Waals surface area (Å²) in [6, 6.07) is 3.95. The van der Waals surface area contributed by atoms with Crippen molar-refractivity contribution in [3.8, 4) is 0 Å². The first-order valence-electron chi connectivity index (χ1n) is 7.94. The van der Waals surface area contributed by atoms with Gasteiger partial charge in [0.15, 0.2) is 11.6 Å². The van der Waals surface area contributed by atoms with Crippen LogP contribution >= 0.6 is 0 Å². The fourth-order valence-electron chi connectivity index (χ4n) is 2.34. The Morgan fingerprint density at radius 1 is 1.05 bits per heavy atom. The third kappa shape index (κ3) is 6.10. The monoisotopic (exact) mass is 299 g/mol. The van der Waals surface area contributed by atoms with Gasteiger partial charge in [-0.15, -0.1) is 0 Å². The molecule has 0 radical (unpaired) electrons. The number of nitrogens with zero attached hydrogens (tertiary/aromatic N) is 1. The lowest BCUT2D eigenvalue weighted by Crippen LogP contribution is -2.28. The van der Waals surface area contributed by atoms with Gasteiger partial charge in [-0.05, 0) is 38.4 Å². The maximum Gasteiger partial charge on any atom is 0.164 e. The van der Waals surface area contributed by atoms with E-state index < -0.39 is 17.7 Å². The van der Waals surface area contributed by atoms with Crippen LogP contribution in [-0.4, -0.2) is 29.6 Å². The lowest BCUT2D eigenvalue weighted by Gasteiger charge is -2.23. The average molecular weight is 299 g/mol. The van der Waals surface area contributed by atoms with E-state index in [1.807, 2.05) is 0 Å². The standard InChI is InChI=1S/C17H27F2NO/c1-3-5-11-20(12-6-4-2)13-10-16(21)14-8-7-9-15(18)17(14)19/h7-9,16,21H,3-6,10-13H2,1-2H3. The van der Waals surface area contributed by atoms with Gasteiger partial charge in [0.05, 0.1) is 6.10 Å². The average Bonchev–Trinajstić information content (AvgIpc) is 2.49. The third-order valence-corrected chi connectivity index (χ3v) is 3.72. The molecule has 1 atom stereocenters. The van der Waals surface area contributed by atoms with E-state index in [9.17, 15) is 13.9 Å². The second-order valence-electron chi connectivity index (χ2n) is 5.50. The molecule has 1 aromatic carbocycles. The molecule has 0 bridgehead atoms. The maximum atomic E-state index is 13.6. The van der Waals surface area contributed by atoms with Gasteiger partial charge in [-0.25, -0.2) is 8.78 Å². The molecule has 0 aromatic heterocycles. The minimum atomic E-state index is -0.952. The molecule has 0 saturated carbocycles. The molecular formula is C17H27F2NO. The van der Waals surface area contributed by atoms with Crippen molar-refractivity contribution in [1.82, 2.24) is 4.90 Å². The van der Waals surface area contributed by atoms with Crippen molar-refractivity contribution in [1.29, 1.82) is 0 Å². The fourth-order valence-corrected chi connectivity index (χ4v) is 2.34. The van der Waals surface area contributed by atoms with Crippen LogP contribution in [0.1, 0.15) is 57.6 Å². The van der Waals surface area contributed by atoms with Crippen LogP contribution in [0.4, 0.5) is 8.78 Å². The smallest absolute Gasteiger partial charge is 0.164 e. The van der Waals surface area contributed by atoms with Crippen LogP contribution in [0.3, 0.4) is 0 Å². The van der Waals surface area contributed by atoms with E-state index >= 15 is 0 Å². The Hall–Kier alpha value is -1.00. The van der Waals surface area contributed by atoms with Crippen molar-refractivity contribution < 1.29 is 13.9 Å². The molecule has 4 heteroatoms. The predicted molar refractivity (Wildman–Crippen MR) is 82.2 cm³/mol. The van der Waals surface area contributed by atoms with E-state index in [-0.39, 0.29) is 5.56 Å². The van der Waals surface area contributed by atoms with E-state index in [1.165, 1.54) is 12.1 Å². The molecule has 0 fully saturated rings. The summed E-state index contributed by atoms with van der Waals surface area (Å²) in [6.45, 7) is 6.99. The molecule has 0 spiro atoms. The summed E-state index contributed by atoms with van der Waals surface area (Å²) in [4.78, 5) is 2.30. The summed E-state index contributed by atoms with van der Waals surface area (Å²) >= 11 is 0. The van der Waals surface area contributed by atoms with Crippen molar-refractivity contribution in [2.75, 3.05) is 19.6 Å². The van der Waals surface area contributed by atoms with Crippen LogP contribution in [0.15, 0.2) is 18.2 Å². The first-order valence-corrected chi connectivity index (χ1v) is 7.94. The Bertz CT molecular complexity index is 404. The molecule has 0 aliphatic rings. The number of aliphatic hydroxyl groups is 1. The molecule has 0 saturated heterocycles. The lowest BCUT2D eigenvalue weighted by atomic mass is 10.1. The van der Waals surface area contributed by atoms with E-state index in [2.05, 4.69) is 18.7 Å². The SMILES string of the molecule is CCCCN(CCCC)CCC(O)c1cccc(F)c1F. The second kappa shape index (κ2) is 9.85. The van der Waals surface area contributed by atoms with E-state index in [0.29, 0.717) is 13.0 Å². The Morgan fingerprint density at radius 2 is 1.67 bits per heavy atom. The lowest BCUT2D eigenvalue weighted by molar-refractivity contribution is 0.136. The van der Waals surface area contributed by atoms with Crippen LogP contribution in [-0.2, 0) is 0 Å². The van der Waals surface area contributed by atoms with Crippen molar-refractivity contribution in [3.63, 3.8) is 0 Å². The molecule has 0 aliphatic heterocycles. The van der Waals surface area contributed by atoms with Gasteiger partial charge in [0.1, 0.15) is 0 Å². The predicted octanol–water partition coefficient (Wildman–Crippen LogP) is 4.29. The molecule has 1 unspecified atom stereocenters. The van der Waals surface area contributed by atoms with E-state index in [0.717, 1.165) is 44.8 Å². The number of halogens is 2. The number of hydrogen-bond donors (Lipinski definition) is 1. The van der Waals surface area contributed by atoms with Crippen LogP contribution in [0, 0.1) is 11.6 Å². The van der Waals surface area contributed by atoms with Crippen LogP contribution in [0.5, 0.6) is 0 Å². The molecule has 1 N–H and O–H groups in total. The minimum absolute atomic E-state index is 0.0564. The molecule has 0 amide bonds. The van der Waals surface area contributed by atoms with Gasteiger partial charge in [-0.2, -0.15) is 0 Å². The second-order valence-corrected chi connectivity index (χ2v) is 5.50. The minimum Gasteiger partial charge on any atom is -0.388 e. The first-order chi connectivity index (χ1) is 10.1. The Morgan fingerprint density at radius 3 is 2.24 bits per heavy atom. The summed E-state index contributed by atoms with van der Waals surface area (Å²) in [5.41, 5.74) is 0.0564. The summed E-state index contributed by atoms with van der Waals surface area (Å²) in [7, 11) is 0. The quantitative estimate of drug-likeness (QED) is 0.696. The summed E-state index contributed by atoms with van der Waals surface area (Å²) in [5.74, 6) is -1.83. The van der Waals surface area contributed by atoms with Crippen LogP contribution in [0.25, 0.3) is 0 Å². The molecule has 0 heterocycles. The number of unbranched alkanes of at least 4 members (excludes halogenated alkanes) is 2. The van der Waals surface area contributed by atoms with E-state index in [4.69, 9.17) is 0 Å². The number of benzene rings is 1. The number of hydrogen-bond acceptors (Lipinski definition) is 2. The molecule has 2 nitrogen and oxygen atoms in total. The fraction of sp³-hybridized carbons (Fsp3) is 0.647. The highest BCUT2D eigenvalue weighted by atomic mass is 19.2. The normalized spacial score (nSPS) is 12.9. The van der Waals surface area contributed by atoms with Gasteiger partial charge in [0.25, 0.3) is 0 Å². The van der Waals surface area contributed by atoms with Crippen LogP contribution in [0.2, 0.25) is 0 Å². The Kier molecular flexibility index (Phi) is 8.47. The zero-order valence-electron chi connectivity index (χ0n) is 13.1. The number of rotatable bonds is 10. The van der Waals surface area contributed by atoms with Gasteiger partial charge in [0, 0.05) is 12.1 Å². The molecule has 120 valence electrons. The summed E-state index contributed by atoms with van der Waals surface area (Å²) in [5, 5.41) is 10.1. The van der Waals surface area contributed by atoms with Gasteiger partial charge >= 0.3 is 0 Å². The molecule has 1 rings (SSSR count). The molecular weight excluding hydrogens is 272 g/mol. The summed E-state index contributed by atoms with van der Waals surface area (Å²) in [6.07, 6.45) is 3.97. The highest BCUT2D eigenvalue weighted by Crippen LogP contribution is 2.22. The van der Waals surface area contributed by atoms with Crippen molar-refractivity contribution in [2.24, 2.45) is 0 Å². The first kappa shape index (κ1) is 18.1. The Labute approximate surface area is 126 Å². The van der Waals surface area contributed by atoms with Gasteiger partial charge in [-0.1, -0.05) is 38.8 Å². The maximum absolute atomic E-state index is 13.6. The highest BCUT2D eigenvalue weighted by molar-refractivity contribution is 5.21. The van der Waals surface area contributed by atoms with Crippen molar-refractivity contribution >= 4 is 0 Å². The van der Waals surface area contributed by atoms with Crippen molar-refractivity contribution in [2.45, 2.75) is 52.1 Å². The van der Waals surface area contributed by atoms with Crippen molar-refractivity contribution in [3.05, 3.63) is 35.4 Å². The zero-order valence-corrected chi connectivity index (χ0v) is 13.1. The molecule has 21 heavy (non-hydrogen) atoms. The zero-order chi connectivity index (χ0) is 15.7. The summed E-state index contributed by atoms with van der Waals surface area (Å²) < 4.78 is 26.8. The largest absolute Gasteiger partial charge is 0.388 e. The Balaban J connectivity index is 2.55. The third-order valence-electron chi connectivity index (χ3n) is 3.72.